The summed E-state index contributed by atoms with van der Waals surface area (Å²) in [5.41, 5.74) is 1.94. The molecule has 2 nitrogen and oxygen atoms in total. The standard InChI is InChI=1S/C15H13ClO2S/c1-19(17,18)15-9-7-12(8-10-15)5-6-13-3-2-4-14(16)11-13/h2-11H,1H3/b6-5+. The molecule has 2 aromatic rings. The summed E-state index contributed by atoms with van der Waals surface area (Å²) in [5.74, 6) is 0. The van der Waals surface area contributed by atoms with Crippen molar-refractivity contribution in [3.05, 3.63) is 64.7 Å². The maximum atomic E-state index is 11.3. The third-order valence-electron chi connectivity index (χ3n) is 2.63. The van der Waals surface area contributed by atoms with Crippen LogP contribution in [0.2, 0.25) is 5.02 Å². The Morgan fingerprint density at radius 2 is 1.58 bits per heavy atom. The van der Waals surface area contributed by atoms with Gasteiger partial charge in [0, 0.05) is 11.3 Å². The molecule has 0 heterocycles. The highest BCUT2D eigenvalue weighted by Gasteiger charge is 2.04. The molecule has 0 aliphatic carbocycles. The summed E-state index contributed by atoms with van der Waals surface area (Å²) in [7, 11) is -3.13. The van der Waals surface area contributed by atoms with Gasteiger partial charge in [-0.25, -0.2) is 8.42 Å². The smallest absolute Gasteiger partial charge is 0.175 e. The average Bonchev–Trinajstić information content (AvgIpc) is 2.36. The van der Waals surface area contributed by atoms with E-state index in [-0.39, 0.29) is 0 Å². The van der Waals surface area contributed by atoms with E-state index in [1.54, 1.807) is 24.3 Å². The summed E-state index contributed by atoms with van der Waals surface area (Å²) in [6.45, 7) is 0. The Morgan fingerprint density at radius 1 is 0.947 bits per heavy atom. The lowest BCUT2D eigenvalue weighted by atomic mass is 10.1. The van der Waals surface area contributed by atoms with Gasteiger partial charge in [-0.3, -0.25) is 0 Å². The summed E-state index contributed by atoms with van der Waals surface area (Å²) in [6.07, 6.45) is 5.04. The predicted molar refractivity (Wildman–Crippen MR) is 79.9 cm³/mol. The molecule has 0 fully saturated rings. The second-order valence-electron chi connectivity index (χ2n) is 4.23. The molecular weight excluding hydrogens is 280 g/mol. The van der Waals surface area contributed by atoms with Crippen LogP contribution >= 0.6 is 11.6 Å². The van der Waals surface area contributed by atoms with Gasteiger partial charge in [-0.15, -0.1) is 0 Å². The Kier molecular flexibility index (Phi) is 4.08. The van der Waals surface area contributed by atoms with Gasteiger partial charge in [-0.05, 0) is 35.4 Å². The number of sulfone groups is 1. The molecular formula is C15H13ClO2S. The van der Waals surface area contributed by atoms with Gasteiger partial charge < -0.3 is 0 Å². The van der Waals surface area contributed by atoms with Gasteiger partial charge in [0.25, 0.3) is 0 Å². The molecule has 4 heteroatoms. The molecule has 0 radical (unpaired) electrons. The summed E-state index contributed by atoms with van der Waals surface area (Å²) >= 11 is 5.90. The number of hydrogen-bond donors (Lipinski definition) is 0. The highest BCUT2D eigenvalue weighted by Crippen LogP contribution is 2.15. The van der Waals surface area contributed by atoms with Crippen molar-refractivity contribution in [2.45, 2.75) is 4.90 Å². The van der Waals surface area contributed by atoms with Crippen LogP contribution in [0.15, 0.2) is 53.4 Å². The van der Waals surface area contributed by atoms with E-state index in [2.05, 4.69) is 0 Å². The molecule has 0 N–H and O–H groups in total. The molecule has 98 valence electrons. The molecule has 0 aliphatic heterocycles. The van der Waals surface area contributed by atoms with Gasteiger partial charge in [0.15, 0.2) is 9.84 Å². The third-order valence-corrected chi connectivity index (χ3v) is 3.99. The fourth-order valence-corrected chi connectivity index (χ4v) is 2.46. The van der Waals surface area contributed by atoms with Crippen LogP contribution in [0.25, 0.3) is 12.2 Å². The lowest BCUT2D eigenvalue weighted by Crippen LogP contribution is -1.95. The van der Waals surface area contributed by atoms with Crippen molar-refractivity contribution < 1.29 is 8.42 Å². The molecule has 2 aromatic carbocycles. The van der Waals surface area contributed by atoms with Gasteiger partial charge in [-0.2, -0.15) is 0 Å². The van der Waals surface area contributed by atoms with Crippen molar-refractivity contribution in [1.29, 1.82) is 0 Å². The van der Waals surface area contributed by atoms with Gasteiger partial charge in [-0.1, -0.05) is 48.0 Å². The molecule has 0 aliphatic rings. The van der Waals surface area contributed by atoms with Crippen molar-refractivity contribution in [3.8, 4) is 0 Å². The molecule has 0 atom stereocenters. The largest absolute Gasteiger partial charge is 0.224 e. The lowest BCUT2D eigenvalue weighted by Gasteiger charge is -1.99. The molecule has 0 unspecified atom stereocenters. The van der Waals surface area contributed by atoms with E-state index in [9.17, 15) is 8.42 Å². The maximum Gasteiger partial charge on any atom is 0.175 e. The van der Waals surface area contributed by atoms with E-state index in [1.807, 2.05) is 36.4 Å². The van der Waals surface area contributed by atoms with E-state index in [0.717, 1.165) is 11.1 Å². The van der Waals surface area contributed by atoms with Crippen LogP contribution < -0.4 is 0 Å². The minimum atomic E-state index is -3.13. The molecule has 2 rings (SSSR count). The summed E-state index contributed by atoms with van der Waals surface area (Å²) in [6, 6.07) is 14.3. The molecule has 19 heavy (non-hydrogen) atoms. The monoisotopic (exact) mass is 292 g/mol. The van der Waals surface area contributed by atoms with Gasteiger partial charge >= 0.3 is 0 Å². The third kappa shape index (κ3) is 3.94. The topological polar surface area (TPSA) is 34.1 Å². The van der Waals surface area contributed by atoms with E-state index in [4.69, 9.17) is 11.6 Å². The summed E-state index contributed by atoms with van der Waals surface area (Å²) < 4.78 is 22.7. The zero-order valence-electron chi connectivity index (χ0n) is 10.4. The maximum absolute atomic E-state index is 11.3. The van der Waals surface area contributed by atoms with Crippen molar-refractivity contribution >= 4 is 33.6 Å². The van der Waals surface area contributed by atoms with Crippen LogP contribution in [0.1, 0.15) is 11.1 Å². The number of rotatable bonds is 3. The summed E-state index contributed by atoms with van der Waals surface area (Å²) in [4.78, 5) is 0.326. The fourth-order valence-electron chi connectivity index (χ4n) is 1.63. The first kappa shape index (κ1) is 13.8. The first-order chi connectivity index (χ1) is 8.95. The van der Waals surface area contributed by atoms with Crippen molar-refractivity contribution in [2.75, 3.05) is 6.26 Å². The fraction of sp³-hybridized carbons (Fsp3) is 0.0667. The molecule has 0 aromatic heterocycles. The van der Waals surface area contributed by atoms with Crippen molar-refractivity contribution in [1.82, 2.24) is 0 Å². The number of halogens is 1. The first-order valence-corrected chi connectivity index (χ1v) is 7.96. The van der Waals surface area contributed by atoms with E-state index < -0.39 is 9.84 Å². The molecule has 0 saturated carbocycles. The van der Waals surface area contributed by atoms with Crippen LogP contribution in [-0.2, 0) is 9.84 Å². The van der Waals surface area contributed by atoms with E-state index in [1.165, 1.54) is 6.26 Å². The normalized spacial score (nSPS) is 11.9. The first-order valence-electron chi connectivity index (χ1n) is 5.69. The number of benzene rings is 2. The highest BCUT2D eigenvalue weighted by molar-refractivity contribution is 7.90. The lowest BCUT2D eigenvalue weighted by molar-refractivity contribution is 0.602. The van der Waals surface area contributed by atoms with Crippen LogP contribution in [0.4, 0.5) is 0 Å². The Bertz CT molecular complexity index is 701. The zero-order chi connectivity index (χ0) is 13.9. The molecule has 0 amide bonds. The SMILES string of the molecule is CS(=O)(=O)c1ccc(/C=C/c2cccc(Cl)c2)cc1. The minimum Gasteiger partial charge on any atom is -0.224 e. The van der Waals surface area contributed by atoms with Gasteiger partial charge in [0.1, 0.15) is 0 Å². The van der Waals surface area contributed by atoms with E-state index >= 15 is 0 Å². The quantitative estimate of drug-likeness (QED) is 0.804. The Morgan fingerprint density at radius 3 is 2.16 bits per heavy atom. The van der Waals surface area contributed by atoms with Crippen LogP contribution in [0.3, 0.4) is 0 Å². The minimum absolute atomic E-state index is 0.326. The van der Waals surface area contributed by atoms with Crippen molar-refractivity contribution in [3.63, 3.8) is 0 Å². The highest BCUT2D eigenvalue weighted by atomic mass is 35.5. The summed E-state index contributed by atoms with van der Waals surface area (Å²) in [5, 5.41) is 0.689. The molecule has 0 spiro atoms. The van der Waals surface area contributed by atoms with Crippen molar-refractivity contribution in [2.24, 2.45) is 0 Å². The van der Waals surface area contributed by atoms with Gasteiger partial charge in [0.05, 0.1) is 4.90 Å². The second kappa shape index (κ2) is 5.59. The molecule has 0 bridgehead atoms. The zero-order valence-corrected chi connectivity index (χ0v) is 11.9. The molecule has 0 saturated heterocycles. The van der Waals surface area contributed by atoms with E-state index in [0.29, 0.717) is 9.92 Å². The van der Waals surface area contributed by atoms with Crippen LogP contribution in [0.5, 0.6) is 0 Å². The number of hydrogen-bond acceptors (Lipinski definition) is 2. The second-order valence-corrected chi connectivity index (χ2v) is 6.68. The van der Waals surface area contributed by atoms with Crippen LogP contribution in [0, 0.1) is 0 Å². The van der Waals surface area contributed by atoms with Gasteiger partial charge in [0.2, 0.25) is 0 Å². The Labute approximate surface area is 118 Å². The average molecular weight is 293 g/mol. The van der Waals surface area contributed by atoms with Crippen LogP contribution in [-0.4, -0.2) is 14.7 Å². The predicted octanol–water partition coefficient (Wildman–Crippen LogP) is 3.91. The Hall–Kier alpha value is -1.58. The Balaban J connectivity index is 2.20.